The summed E-state index contributed by atoms with van der Waals surface area (Å²) in [7, 11) is 2.05. The topological polar surface area (TPSA) is 34.5 Å². The molecule has 110 valence electrons. The number of para-hydroxylation sites is 2. The van der Waals surface area contributed by atoms with Crippen molar-refractivity contribution in [1.29, 1.82) is 0 Å². The van der Waals surface area contributed by atoms with Crippen molar-refractivity contribution in [2.75, 3.05) is 11.6 Å². The number of cyclic esters (lactones) is 1. The van der Waals surface area contributed by atoms with Gasteiger partial charge in [0.15, 0.2) is 6.73 Å². The Balaban J connectivity index is 1.75. The van der Waals surface area contributed by atoms with E-state index in [0.29, 0.717) is 18.8 Å². The van der Waals surface area contributed by atoms with Crippen LogP contribution in [-0.2, 0) is 18.3 Å². The van der Waals surface area contributed by atoms with Crippen LogP contribution in [0.2, 0.25) is 0 Å². The van der Waals surface area contributed by atoms with Crippen molar-refractivity contribution >= 4 is 22.6 Å². The van der Waals surface area contributed by atoms with Crippen LogP contribution in [0.4, 0.5) is 5.69 Å². The summed E-state index contributed by atoms with van der Waals surface area (Å²) in [5.74, 6) is -0.246. The third-order valence-corrected chi connectivity index (χ3v) is 4.16. The van der Waals surface area contributed by atoms with E-state index in [2.05, 4.69) is 40.9 Å². The number of nitrogens with zero attached hydrogens (tertiary/aromatic N) is 2. The molecule has 0 bridgehead atoms. The second kappa shape index (κ2) is 4.91. The number of hydrogen-bond acceptors (Lipinski definition) is 3. The predicted molar refractivity (Wildman–Crippen MR) is 85.8 cm³/mol. The minimum Gasteiger partial charge on any atom is -0.441 e. The predicted octanol–water partition coefficient (Wildman–Crippen LogP) is 3.31. The van der Waals surface area contributed by atoms with Crippen LogP contribution in [0.25, 0.3) is 10.9 Å². The van der Waals surface area contributed by atoms with Crippen molar-refractivity contribution < 1.29 is 9.53 Å². The van der Waals surface area contributed by atoms with Crippen LogP contribution < -0.4 is 4.90 Å². The zero-order valence-corrected chi connectivity index (χ0v) is 12.3. The van der Waals surface area contributed by atoms with Gasteiger partial charge < -0.3 is 14.2 Å². The Bertz CT molecular complexity index is 866. The lowest BCUT2D eigenvalue weighted by atomic mass is 10.1. The van der Waals surface area contributed by atoms with Gasteiger partial charge in [-0.1, -0.05) is 30.3 Å². The van der Waals surface area contributed by atoms with Gasteiger partial charge in [0.1, 0.15) is 0 Å². The summed E-state index contributed by atoms with van der Waals surface area (Å²) in [5, 5.41) is 1.24. The SMILES string of the molecule is Cn1cc(CN2COC(=O)c3ccccc32)c2ccccc21. The molecule has 2 heterocycles. The Labute approximate surface area is 128 Å². The van der Waals surface area contributed by atoms with Gasteiger partial charge in [0.25, 0.3) is 0 Å². The van der Waals surface area contributed by atoms with Crippen LogP contribution in [0, 0.1) is 0 Å². The fraction of sp³-hybridized carbons (Fsp3) is 0.167. The second-order valence-corrected chi connectivity index (χ2v) is 5.56. The summed E-state index contributed by atoms with van der Waals surface area (Å²) in [6, 6.07) is 15.9. The van der Waals surface area contributed by atoms with Crippen LogP contribution in [-0.4, -0.2) is 17.3 Å². The maximum Gasteiger partial charge on any atom is 0.341 e. The standard InChI is InChI=1S/C18H16N2O2/c1-19-10-13(14-6-2-4-8-16(14)19)11-20-12-22-18(21)15-7-3-5-9-17(15)20/h2-10H,11-12H2,1H3. The third-order valence-electron chi connectivity index (χ3n) is 4.16. The number of fused-ring (bicyclic) bond motifs is 2. The summed E-state index contributed by atoms with van der Waals surface area (Å²) in [6.45, 7) is 1.00. The molecule has 22 heavy (non-hydrogen) atoms. The number of benzene rings is 2. The zero-order chi connectivity index (χ0) is 15.1. The fourth-order valence-electron chi connectivity index (χ4n) is 3.09. The molecule has 0 amide bonds. The summed E-state index contributed by atoms with van der Waals surface area (Å²) < 4.78 is 7.42. The molecule has 0 N–H and O–H groups in total. The molecular formula is C18H16N2O2. The molecule has 4 heteroatoms. The molecule has 0 saturated carbocycles. The van der Waals surface area contributed by atoms with E-state index >= 15 is 0 Å². The van der Waals surface area contributed by atoms with Gasteiger partial charge >= 0.3 is 5.97 Å². The van der Waals surface area contributed by atoms with E-state index in [4.69, 9.17) is 4.74 Å². The number of rotatable bonds is 2. The number of aromatic nitrogens is 1. The number of anilines is 1. The molecule has 0 aliphatic carbocycles. The van der Waals surface area contributed by atoms with Gasteiger partial charge in [-0.05, 0) is 23.8 Å². The van der Waals surface area contributed by atoms with Gasteiger partial charge in [0.2, 0.25) is 0 Å². The third kappa shape index (κ3) is 1.96. The molecule has 0 atom stereocenters. The molecular weight excluding hydrogens is 276 g/mol. The molecule has 0 unspecified atom stereocenters. The Morgan fingerprint density at radius 3 is 2.77 bits per heavy atom. The van der Waals surface area contributed by atoms with E-state index in [9.17, 15) is 4.79 Å². The van der Waals surface area contributed by atoms with Crippen LogP contribution in [0.3, 0.4) is 0 Å². The molecule has 3 aromatic rings. The molecule has 0 spiro atoms. The Kier molecular flexibility index (Phi) is 2.89. The molecule has 4 nitrogen and oxygen atoms in total. The molecule has 0 saturated heterocycles. The van der Waals surface area contributed by atoms with E-state index < -0.39 is 0 Å². The first-order chi connectivity index (χ1) is 10.7. The summed E-state index contributed by atoms with van der Waals surface area (Å²) in [6.07, 6.45) is 2.14. The minimum absolute atomic E-state index is 0.246. The highest BCUT2D eigenvalue weighted by molar-refractivity contribution is 5.97. The van der Waals surface area contributed by atoms with Crippen molar-refractivity contribution in [1.82, 2.24) is 4.57 Å². The van der Waals surface area contributed by atoms with E-state index in [1.807, 2.05) is 30.3 Å². The first-order valence-corrected chi connectivity index (χ1v) is 7.28. The normalized spacial score (nSPS) is 14.0. The molecule has 2 aromatic carbocycles. The largest absolute Gasteiger partial charge is 0.441 e. The van der Waals surface area contributed by atoms with Gasteiger partial charge in [-0.15, -0.1) is 0 Å². The Morgan fingerprint density at radius 2 is 1.86 bits per heavy atom. The Hall–Kier alpha value is -2.75. The van der Waals surface area contributed by atoms with Gasteiger partial charge in [0, 0.05) is 30.7 Å². The molecule has 0 fully saturated rings. The molecule has 4 rings (SSSR count). The van der Waals surface area contributed by atoms with Gasteiger partial charge in [-0.2, -0.15) is 0 Å². The van der Waals surface area contributed by atoms with E-state index in [-0.39, 0.29) is 5.97 Å². The smallest absolute Gasteiger partial charge is 0.341 e. The van der Waals surface area contributed by atoms with Crippen molar-refractivity contribution in [3.05, 3.63) is 65.9 Å². The first kappa shape index (κ1) is 13.0. The number of hydrogen-bond donors (Lipinski definition) is 0. The maximum atomic E-state index is 11.8. The zero-order valence-electron chi connectivity index (χ0n) is 12.3. The molecule has 1 aliphatic heterocycles. The lowest BCUT2D eigenvalue weighted by Gasteiger charge is -2.30. The number of carbonyl (C=O) groups is 1. The van der Waals surface area contributed by atoms with E-state index in [0.717, 1.165) is 5.69 Å². The summed E-state index contributed by atoms with van der Waals surface area (Å²) in [5.41, 5.74) is 4.01. The first-order valence-electron chi connectivity index (χ1n) is 7.28. The highest BCUT2D eigenvalue weighted by atomic mass is 16.5. The van der Waals surface area contributed by atoms with Crippen molar-refractivity contribution in [3.8, 4) is 0 Å². The highest BCUT2D eigenvalue weighted by Crippen LogP contribution is 2.29. The maximum absolute atomic E-state index is 11.8. The number of aryl methyl sites for hydroxylation is 1. The average molecular weight is 292 g/mol. The van der Waals surface area contributed by atoms with E-state index in [1.165, 1.54) is 16.5 Å². The monoisotopic (exact) mass is 292 g/mol. The van der Waals surface area contributed by atoms with E-state index in [1.54, 1.807) is 0 Å². The van der Waals surface area contributed by atoms with Crippen molar-refractivity contribution in [2.24, 2.45) is 7.05 Å². The van der Waals surface area contributed by atoms with Crippen LogP contribution in [0.15, 0.2) is 54.7 Å². The number of carbonyl (C=O) groups excluding carboxylic acids is 1. The molecule has 0 radical (unpaired) electrons. The minimum atomic E-state index is -0.246. The lowest BCUT2D eigenvalue weighted by molar-refractivity contribution is 0.0479. The number of ether oxygens (including phenoxy) is 1. The number of esters is 1. The Morgan fingerprint density at radius 1 is 1.09 bits per heavy atom. The van der Waals surface area contributed by atoms with Gasteiger partial charge in [-0.3, -0.25) is 0 Å². The second-order valence-electron chi connectivity index (χ2n) is 5.56. The quantitative estimate of drug-likeness (QED) is 0.680. The van der Waals surface area contributed by atoms with Crippen LogP contribution >= 0.6 is 0 Å². The van der Waals surface area contributed by atoms with Crippen LogP contribution in [0.1, 0.15) is 15.9 Å². The van der Waals surface area contributed by atoms with Gasteiger partial charge in [0.05, 0.1) is 11.3 Å². The average Bonchev–Trinajstić information content (AvgIpc) is 2.87. The van der Waals surface area contributed by atoms with Crippen molar-refractivity contribution in [3.63, 3.8) is 0 Å². The fourth-order valence-corrected chi connectivity index (χ4v) is 3.09. The summed E-state index contributed by atoms with van der Waals surface area (Å²) in [4.78, 5) is 13.9. The highest BCUT2D eigenvalue weighted by Gasteiger charge is 2.24. The summed E-state index contributed by atoms with van der Waals surface area (Å²) >= 11 is 0. The lowest BCUT2D eigenvalue weighted by Crippen LogP contribution is -2.33. The van der Waals surface area contributed by atoms with Crippen LogP contribution in [0.5, 0.6) is 0 Å². The van der Waals surface area contributed by atoms with Crippen molar-refractivity contribution in [2.45, 2.75) is 6.54 Å². The molecule has 1 aliphatic rings. The molecule has 1 aromatic heterocycles. The van der Waals surface area contributed by atoms with Gasteiger partial charge in [-0.25, -0.2) is 4.79 Å².